The summed E-state index contributed by atoms with van der Waals surface area (Å²) in [7, 11) is 3.04. The van der Waals surface area contributed by atoms with Crippen molar-refractivity contribution in [3.63, 3.8) is 0 Å². The van der Waals surface area contributed by atoms with Gasteiger partial charge in [-0.05, 0) is 18.6 Å². The fourth-order valence-corrected chi connectivity index (χ4v) is 2.69. The Labute approximate surface area is 139 Å². The van der Waals surface area contributed by atoms with Crippen molar-refractivity contribution in [1.29, 1.82) is 0 Å². The van der Waals surface area contributed by atoms with E-state index in [0.717, 1.165) is 12.0 Å². The molecule has 0 bridgehead atoms. The Morgan fingerprint density at radius 2 is 2.12 bits per heavy atom. The molecule has 24 heavy (non-hydrogen) atoms. The average molecular weight is 329 g/mol. The molecule has 8 nitrogen and oxygen atoms in total. The maximum absolute atomic E-state index is 12.2. The van der Waals surface area contributed by atoms with Crippen LogP contribution in [0.5, 0.6) is 0 Å². The van der Waals surface area contributed by atoms with Crippen LogP contribution in [0.15, 0.2) is 35.4 Å². The number of aromatic nitrogens is 3. The Morgan fingerprint density at radius 1 is 1.38 bits per heavy atom. The summed E-state index contributed by atoms with van der Waals surface area (Å²) in [5, 5.41) is 3.26. The minimum Gasteiger partial charge on any atom is -0.453 e. The van der Waals surface area contributed by atoms with Crippen LogP contribution in [0, 0.1) is 0 Å². The minimum absolute atomic E-state index is 0.0230. The second-order valence-electron chi connectivity index (χ2n) is 5.64. The van der Waals surface area contributed by atoms with Crippen molar-refractivity contribution in [2.24, 2.45) is 7.05 Å². The van der Waals surface area contributed by atoms with Gasteiger partial charge in [0.1, 0.15) is 0 Å². The number of nitrogens with zero attached hydrogens (tertiary/aromatic N) is 4. The second-order valence-corrected chi connectivity index (χ2v) is 5.64. The van der Waals surface area contributed by atoms with E-state index in [2.05, 4.69) is 15.3 Å². The number of hydrogen-bond acceptors (Lipinski definition) is 6. The van der Waals surface area contributed by atoms with Gasteiger partial charge in [0.15, 0.2) is 0 Å². The predicted octanol–water partition coefficient (Wildman–Crippen LogP) is 1.09. The zero-order valence-electron chi connectivity index (χ0n) is 13.6. The summed E-state index contributed by atoms with van der Waals surface area (Å²) in [6, 6.07) is 5.13. The van der Waals surface area contributed by atoms with Crippen LogP contribution >= 0.6 is 0 Å². The Balaban J connectivity index is 1.82. The van der Waals surface area contributed by atoms with Gasteiger partial charge >= 0.3 is 6.09 Å². The zero-order valence-corrected chi connectivity index (χ0v) is 13.6. The summed E-state index contributed by atoms with van der Waals surface area (Å²) in [6.07, 6.45) is 3.75. The van der Waals surface area contributed by atoms with Gasteiger partial charge in [0, 0.05) is 50.2 Å². The van der Waals surface area contributed by atoms with Crippen LogP contribution in [0.3, 0.4) is 0 Å². The van der Waals surface area contributed by atoms with E-state index < -0.39 is 0 Å². The fraction of sp³-hybridized carbons (Fsp3) is 0.375. The number of nitrogens with one attached hydrogen (secondary N) is 1. The lowest BCUT2D eigenvalue weighted by atomic mass is 10.2. The second kappa shape index (κ2) is 6.69. The zero-order chi connectivity index (χ0) is 17.1. The third-order valence-electron chi connectivity index (χ3n) is 4.07. The van der Waals surface area contributed by atoms with Gasteiger partial charge in [-0.2, -0.15) is 0 Å². The first-order valence-corrected chi connectivity index (χ1v) is 7.66. The molecule has 8 heteroatoms. The van der Waals surface area contributed by atoms with Crippen LogP contribution in [-0.4, -0.2) is 51.8 Å². The van der Waals surface area contributed by atoms with E-state index in [1.54, 1.807) is 36.5 Å². The van der Waals surface area contributed by atoms with Crippen molar-refractivity contribution in [2.75, 3.05) is 25.5 Å². The van der Waals surface area contributed by atoms with Gasteiger partial charge in [0.05, 0.1) is 12.8 Å². The van der Waals surface area contributed by atoms with Crippen LogP contribution < -0.4 is 10.9 Å². The number of pyridine rings is 1. The highest BCUT2D eigenvalue weighted by Crippen LogP contribution is 2.18. The molecule has 1 fully saturated rings. The number of anilines is 1. The van der Waals surface area contributed by atoms with Crippen LogP contribution in [-0.2, 0) is 11.8 Å². The molecular weight excluding hydrogens is 310 g/mol. The molecular formula is C16H19N5O3. The Bertz CT molecular complexity index is 790. The number of carbonyl (C=O) groups is 1. The number of methoxy groups -OCH3 is 1. The lowest BCUT2D eigenvalue weighted by Gasteiger charge is -2.17. The number of likely N-dealkylation sites (tertiary alicyclic amines) is 1. The molecule has 0 aromatic carbocycles. The molecule has 1 unspecified atom stereocenters. The molecule has 2 aromatic rings. The monoisotopic (exact) mass is 329 g/mol. The van der Waals surface area contributed by atoms with Gasteiger partial charge in [-0.25, -0.2) is 9.78 Å². The Kier molecular flexibility index (Phi) is 4.45. The van der Waals surface area contributed by atoms with Gasteiger partial charge in [-0.3, -0.25) is 14.3 Å². The molecule has 0 aliphatic carbocycles. The van der Waals surface area contributed by atoms with Crippen molar-refractivity contribution in [2.45, 2.75) is 12.5 Å². The Morgan fingerprint density at radius 3 is 2.83 bits per heavy atom. The summed E-state index contributed by atoms with van der Waals surface area (Å²) < 4.78 is 6.20. The summed E-state index contributed by atoms with van der Waals surface area (Å²) >= 11 is 0. The standard InChI is InChI=1S/C16H19N5O3/c1-20-14(22)9-13(11-3-6-17-7-4-11)19-15(20)18-12-5-8-21(10-12)16(23)24-2/h3-4,6-7,9,12H,5,8,10H2,1-2H3,(H,18,19). The first-order valence-electron chi connectivity index (χ1n) is 7.66. The number of rotatable bonds is 3. The van der Waals surface area contributed by atoms with E-state index in [0.29, 0.717) is 24.7 Å². The van der Waals surface area contributed by atoms with Crippen molar-refractivity contribution >= 4 is 12.0 Å². The maximum Gasteiger partial charge on any atom is 0.409 e. The molecule has 0 radical (unpaired) electrons. The highest BCUT2D eigenvalue weighted by atomic mass is 16.5. The third-order valence-corrected chi connectivity index (χ3v) is 4.07. The molecule has 2 aromatic heterocycles. The third kappa shape index (κ3) is 3.22. The van der Waals surface area contributed by atoms with E-state index >= 15 is 0 Å². The number of ether oxygens (including phenoxy) is 1. The summed E-state index contributed by atoms with van der Waals surface area (Å²) in [4.78, 5) is 33.9. The fourth-order valence-electron chi connectivity index (χ4n) is 2.69. The average Bonchev–Trinajstić information content (AvgIpc) is 3.07. The van der Waals surface area contributed by atoms with Crippen molar-refractivity contribution < 1.29 is 9.53 Å². The van der Waals surface area contributed by atoms with Crippen LogP contribution in [0.1, 0.15) is 6.42 Å². The molecule has 0 saturated carbocycles. The Hall–Kier alpha value is -2.90. The molecule has 1 amide bonds. The van der Waals surface area contributed by atoms with Crippen LogP contribution in [0.2, 0.25) is 0 Å². The highest BCUT2D eigenvalue weighted by Gasteiger charge is 2.27. The minimum atomic E-state index is -0.341. The maximum atomic E-state index is 12.2. The summed E-state index contributed by atoms with van der Waals surface area (Å²) in [6.45, 7) is 1.13. The van der Waals surface area contributed by atoms with Crippen LogP contribution in [0.25, 0.3) is 11.3 Å². The van der Waals surface area contributed by atoms with E-state index in [1.165, 1.54) is 17.7 Å². The van der Waals surface area contributed by atoms with Crippen molar-refractivity contribution in [1.82, 2.24) is 19.4 Å². The quantitative estimate of drug-likeness (QED) is 0.907. The predicted molar refractivity (Wildman–Crippen MR) is 88.7 cm³/mol. The molecule has 1 atom stereocenters. The topological polar surface area (TPSA) is 89.3 Å². The molecule has 126 valence electrons. The molecule has 0 spiro atoms. The SMILES string of the molecule is COC(=O)N1CCC(Nc2nc(-c3ccncc3)cc(=O)n2C)C1. The van der Waals surface area contributed by atoms with Crippen molar-refractivity contribution in [3.8, 4) is 11.3 Å². The first-order chi connectivity index (χ1) is 11.6. The highest BCUT2D eigenvalue weighted by molar-refractivity contribution is 5.68. The van der Waals surface area contributed by atoms with E-state index in [9.17, 15) is 9.59 Å². The van der Waals surface area contributed by atoms with Gasteiger partial charge in [0.2, 0.25) is 5.95 Å². The molecule has 1 aliphatic rings. The van der Waals surface area contributed by atoms with Crippen molar-refractivity contribution in [3.05, 3.63) is 40.9 Å². The number of carbonyl (C=O) groups excluding carboxylic acids is 1. The summed E-state index contributed by atoms with van der Waals surface area (Å²) in [5.41, 5.74) is 1.27. The molecule has 1 saturated heterocycles. The van der Waals surface area contributed by atoms with E-state index in [-0.39, 0.29) is 17.7 Å². The van der Waals surface area contributed by atoms with Gasteiger partial charge in [-0.1, -0.05) is 0 Å². The first kappa shape index (κ1) is 16.0. The smallest absolute Gasteiger partial charge is 0.409 e. The normalized spacial score (nSPS) is 16.9. The van der Waals surface area contributed by atoms with Gasteiger partial charge in [0.25, 0.3) is 5.56 Å². The van der Waals surface area contributed by atoms with Gasteiger partial charge in [-0.15, -0.1) is 0 Å². The van der Waals surface area contributed by atoms with E-state index in [1.807, 2.05) is 0 Å². The number of hydrogen-bond donors (Lipinski definition) is 1. The number of amides is 1. The van der Waals surface area contributed by atoms with E-state index in [4.69, 9.17) is 4.74 Å². The largest absolute Gasteiger partial charge is 0.453 e. The molecule has 3 rings (SSSR count). The van der Waals surface area contributed by atoms with Crippen LogP contribution in [0.4, 0.5) is 10.7 Å². The summed E-state index contributed by atoms with van der Waals surface area (Å²) in [5.74, 6) is 0.478. The molecule has 3 heterocycles. The lowest BCUT2D eigenvalue weighted by molar-refractivity contribution is 0.132. The van der Waals surface area contributed by atoms with Gasteiger partial charge < -0.3 is 15.0 Å². The lowest BCUT2D eigenvalue weighted by Crippen LogP contribution is -2.33. The molecule has 1 aliphatic heterocycles. The molecule has 1 N–H and O–H groups in total.